The van der Waals surface area contributed by atoms with Crippen molar-refractivity contribution in [3.05, 3.63) is 84.1 Å². The number of nitrogens with one attached hydrogen (secondary N) is 2. The van der Waals surface area contributed by atoms with Crippen molar-refractivity contribution in [2.24, 2.45) is 0 Å². The summed E-state index contributed by atoms with van der Waals surface area (Å²) in [4.78, 5) is 30.4. The number of benzene rings is 3. The van der Waals surface area contributed by atoms with Crippen LogP contribution in [-0.4, -0.2) is 36.1 Å². The zero-order valence-electron chi connectivity index (χ0n) is 19.7. The van der Waals surface area contributed by atoms with Crippen LogP contribution in [0, 0.1) is 6.92 Å². The minimum atomic E-state index is -0.626. The predicted molar refractivity (Wildman–Crippen MR) is 136 cm³/mol. The predicted octanol–water partition coefficient (Wildman–Crippen LogP) is 4.85. The average Bonchev–Trinajstić information content (AvgIpc) is 3.25. The molecule has 4 aromatic rings. The van der Waals surface area contributed by atoms with Gasteiger partial charge in [0.05, 0.1) is 18.7 Å². The SMILES string of the molecule is Cc1ccc(OCCN2C(=O)C(C)Oc3cc(NC(=O)Cc4c[nH]c5ccccc45)ccc32)cc1. The normalized spacial score (nSPS) is 15.0. The van der Waals surface area contributed by atoms with Crippen molar-refractivity contribution in [3.63, 3.8) is 0 Å². The van der Waals surface area contributed by atoms with Crippen LogP contribution in [0.25, 0.3) is 10.9 Å². The maximum Gasteiger partial charge on any atom is 0.267 e. The Bertz CT molecular complexity index is 1380. The van der Waals surface area contributed by atoms with Crippen LogP contribution in [0.3, 0.4) is 0 Å². The van der Waals surface area contributed by atoms with Gasteiger partial charge >= 0.3 is 0 Å². The van der Waals surface area contributed by atoms with E-state index in [2.05, 4.69) is 10.3 Å². The second-order valence-corrected chi connectivity index (χ2v) is 8.68. The van der Waals surface area contributed by atoms with Crippen molar-refractivity contribution < 1.29 is 19.1 Å². The molecule has 1 atom stereocenters. The van der Waals surface area contributed by atoms with E-state index in [1.165, 1.54) is 0 Å². The molecular weight excluding hydrogens is 442 g/mol. The van der Waals surface area contributed by atoms with E-state index >= 15 is 0 Å². The average molecular weight is 470 g/mol. The summed E-state index contributed by atoms with van der Waals surface area (Å²) in [6.45, 7) is 4.48. The Kier molecular flexibility index (Phi) is 6.14. The molecular formula is C28H27N3O4. The lowest BCUT2D eigenvalue weighted by molar-refractivity contribution is -0.125. The van der Waals surface area contributed by atoms with Crippen molar-refractivity contribution >= 4 is 34.1 Å². The van der Waals surface area contributed by atoms with E-state index in [9.17, 15) is 9.59 Å². The van der Waals surface area contributed by atoms with Crippen LogP contribution >= 0.6 is 0 Å². The number of nitrogens with zero attached hydrogens (tertiary/aromatic N) is 1. The lowest BCUT2D eigenvalue weighted by Crippen LogP contribution is -2.46. The quantitative estimate of drug-likeness (QED) is 0.405. The molecule has 1 aromatic heterocycles. The van der Waals surface area contributed by atoms with Gasteiger partial charge in [-0.15, -0.1) is 0 Å². The summed E-state index contributed by atoms with van der Waals surface area (Å²) in [6.07, 6.45) is 1.49. The van der Waals surface area contributed by atoms with Crippen molar-refractivity contribution in [1.82, 2.24) is 4.98 Å². The molecule has 7 nitrogen and oxygen atoms in total. The van der Waals surface area contributed by atoms with Gasteiger partial charge in [-0.3, -0.25) is 9.59 Å². The summed E-state index contributed by atoms with van der Waals surface area (Å²) in [5.74, 6) is 1.06. The molecule has 0 bridgehead atoms. The Morgan fingerprint density at radius 2 is 1.91 bits per heavy atom. The molecule has 1 aliphatic heterocycles. The van der Waals surface area contributed by atoms with Crippen molar-refractivity contribution in [2.75, 3.05) is 23.4 Å². The van der Waals surface area contributed by atoms with E-state index < -0.39 is 6.10 Å². The molecule has 2 amide bonds. The third kappa shape index (κ3) is 4.84. The molecule has 0 radical (unpaired) electrons. The number of aromatic nitrogens is 1. The van der Waals surface area contributed by atoms with Gasteiger partial charge < -0.3 is 24.7 Å². The molecule has 0 aliphatic carbocycles. The molecule has 0 fully saturated rings. The van der Waals surface area contributed by atoms with Gasteiger partial charge in [0.2, 0.25) is 5.91 Å². The highest BCUT2D eigenvalue weighted by Gasteiger charge is 2.31. The summed E-state index contributed by atoms with van der Waals surface area (Å²) in [7, 11) is 0. The highest BCUT2D eigenvalue weighted by atomic mass is 16.5. The fourth-order valence-electron chi connectivity index (χ4n) is 4.26. The van der Waals surface area contributed by atoms with Crippen LogP contribution in [0.4, 0.5) is 11.4 Å². The Morgan fingerprint density at radius 1 is 1.11 bits per heavy atom. The van der Waals surface area contributed by atoms with Crippen LogP contribution in [0.1, 0.15) is 18.1 Å². The Hall–Kier alpha value is -4.26. The highest BCUT2D eigenvalue weighted by molar-refractivity contribution is 6.01. The van der Waals surface area contributed by atoms with Crippen LogP contribution in [0.5, 0.6) is 11.5 Å². The molecule has 1 unspecified atom stereocenters. The summed E-state index contributed by atoms with van der Waals surface area (Å²) in [5.41, 5.74) is 4.38. The van der Waals surface area contributed by atoms with E-state index in [4.69, 9.17) is 9.47 Å². The van der Waals surface area contributed by atoms with Crippen LogP contribution < -0.4 is 19.7 Å². The first-order chi connectivity index (χ1) is 17.0. The van der Waals surface area contributed by atoms with Gasteiger partial charge in [-0.25, -0.2) is 0 Å². The van der Waals surface area contributed by atoms with E-state index in [1.807, 2.05) is 61.7 Å². The number of hydrogen-bond donors (Lipinski definition) is 2. The number of amides is 2. The maximum atomic E-state index is 12.8. The van der Waals surface area contributed by atoms with Gasteiger partial charge in [0.1, 0.15) is 18.1 Å². The van der Waals surface area contributed by atoms with Gasteiger partial charge in [-0.1, -0.05) is 35.9 Å². The number of carbonyl (C=O) groups is 2. The highest BCUT2D eigenvalue weighted by Crippen LogP contribution is 2.36. The van der Waals surface area contributed by atoms with Gasteiger partial charge in [-0.2, -0.15) is 0 Å². The lowest BCUT2D eigenvalue weighted by Gasteiger charge is -2.33. The van der Waals surface area contributed by atoms with Gasteiger partial charge in [0.25, 0.3) is 5.91 Å². The van der Waals surface area contributed by atoms with Crippen LogP contribution in [-0.2, 0) is 16.0 Å². The number of fused-ring (bicyclic) bond motifs is 2. The maximum absolute atomic E-state index is 12.8. The van der Waals surface area contributed by atoms with Gasteiger partial charge in [0, 0.05) is 28.9 Å². The summed E-state index contributed by atoms with van der Waals surface area (Å²) in [6, 6.07) is 21.0. The number of aryl methyl sites for hydroxylation is 1. The molecule has 2 N–H and O–H groups in total. The largest absolute Gasteiger partial charge is 0.492 e. The number of anilines is 2. The number of ether oxygens (including phenoxy) is 2. The van der Waals surface area contributed by atoms with Crippen molar-refractivity contribution in [2.45, 2.75) is 26.4 Å². The van der Waals surface area contributed by atoms with Crippen LogP contribution in [0.2, 0.25) is 0 Å². The minimum Gasteiger partial charge on any atom is -0.492 e. The van der Waals surface area contributed by atoms with Crippen molar-refractivity contribution in [3.8, 4) is 11.5 Å². The fraction of sp³-hybridized carbons (Fsp3) is 0.214. The molecule has 0 saturated heterocycles. The molecule has 178 valence electrons. The molecule has 5 rings (SSSR count). The molecule has 1 aliphatic rings. The first-order valence-electron chi connectivity index (χ1n) is 11.6. The number of aromatic amines is 1. The zero-order chi connectivity index (χ0) is 24.4. The molecule has 35 heavy (non-hydrogen) atoms. The Balaban J connectivity index is 1.26. The Labute approximate surface area is 203 Å². The topological polar surface area (TPSA) is 83.7 Å². The number of hydrogen-bond acceptors (Lipinski definition) is 4. The van der Waals surface area contributed by atoms with Gasteiger partial charge in [0.15, 0.2) is 6.10 Å². The fourth-order valence-corrected chi connectivity index (χ4v) is 4.26. The summed E-state index contributed by atoms with van der Waals surface area (Å²) >= 11 is 0. The van der Waals surface area contributed by atoms with E-state index in [1.54, 1.807) is 30.0 Å². The molecule has 0 spiro atoms. The number of rotatable bonds is 7. The first-order valence-corrected chi connectivity index (χ1v) is 11.6. The lowest BCUT2D eigenvalue weighted by atomic mass is 10.1. The molecule has 0 saturated carbocycles. The van der Waals surface area contributed by atoms with E-state index in [-0.39, 0.29) is 18.2 Å². The third-order valence-corrected chi connectivity index (χ3v) is 6.08. The van der Waals surface area contributed by atoms with E-state index in [0.29, 0.717) is 30.3 Å². The smallest absolute Gasteiger partial charge is 0.267 e. The second-order valence-electron chi connectivity index (χ2n) is 8.68. The van der Waals surface area contributed by atoms with E-state index in [0.717, 1.165) is 27.8 Å². The third-order valence-electron chi connectivity index (χ3n) is 6.08. The first kappa shape index (κ1) is 22.5. The second kappa shape index (κ2) is 9.54. The van der Waals surface area contributed by atoms with Gasteiger partial charge in [-0.05, 0) is 49.7 Å². The molecule has 2 heterocycles. The van der Waals surface area contributed by atoms with Crippen LogP contribution in [0.15, 0.2) is 72.9 Å². The number of para-hydroxylation sites is 1. The Morgan fingerprint density at radius 3 is 2.74 bits per heavy atom. The number of H-pyrrole nitrogens is 1. The summed E-state index contributed by atoms with van der Waals surface area (Å²) < 4.78 is 11.7. The molecule has 3 aromatic carbocycles. The zero-order valence-corrected chi connectivity index (χ0v) is 19.7. The monoisotopic (exact) mass is 469 g/mol. The molecule has 7 heteroatoms. The van der Waals surface area contributed by atoms with Crippen molar-refractivity contribution in [1.29, 1.82) is 0 Å². The minimum absolute atomic E-state index is 0.124. The summed E-state index contributed by atoms with van der Waals surface area (Å²) in [5, 5.41) is 3.98. The standard InChI is InChI=1S/C28H27N3O4/c1-18-7-10-22(11-8-18)34-14-13-31-25-12-9-21(16-26(25)35-19(2)28(31)33)30-27(32)15-20-17-29-24-6-4-3-5-23(20)24/h3-12,16-17,19,29H,13-15H2,1-2H3,(H,30,32). The number of carbonyl (C=O) groups excluding carboxylic acids is 2.